The first-order chi connectivity index (χ1) is 12.6. The summed E-state index contributed by atoms with van der Waals surface area (Å²) in [5.74, 6) is 2.43. The molecule has 0 saturated heterocycles. The number of unbranched alkanes of at least 4 members (excludes halogenated alkanes) is 1. The van der Waals surface area contributed by atoms with Crippen molar-refractivity contribution in [1.29, 1.82) is 0 Å². The van der Waals surface area contributed by atoms with Crippen molar-refractivity contribution >= 4 is 11.6 Å². The highest BCUT2D eigenvalue weighted by atomic mass is 35.5. The Kier molecular flexibility index (Phi) is 8.27. The highest BCUT2D eigenvalue weighted by Crippen LogP contribution is 2.37. The SMILES string of the molecule is CC(C)(c1ccc(OCCCCCl)cc1)c1ccccc1OCCCO. The lowest BCUT2D eigenvalue weighted by atomic mass is 9.77. The Balaban J connectivity index is 2.11. The molecule has 2 rings (SSSR count). The van der Waals surface area contributed by atoms with Gasteiger partial charge in [-0.2, -0.15) is 0 Å². The molecular weight excluding hydrogens is 348 g/mol. The third-order valence-corrected chi connectivity index (χ3v) is 4.76. The third-order valence-electron chi connectivity index (χ3n) is 4.49. The van der Waals surface area contributed by atoms with E-state index in [4.69, 9.17) is 26.2 Å². The normalized spacial score (nSPS) is 11.4. The van der Waals surface area contributed by atoms with E-state index in [1.807, 2.05) is 30.3 Å². The van der Waals surface area contributed by atoms with Gasteiger partial charge in [0, 0.05) is 29.9 Å². The Hall–Kier alpha value is -1.71. The standard InChI is InChI=1S/C22H29ClO3/c1-22(2,20-8-3-4-9-21(20)26-17-7-15-24)18-10-12-19(13-11-18)25-16-6-5-14-23/h3-4,8-13,24H,5-7,14-17H2,1-2H3. The van der Waals surface area contributed by atoms with E-state index in [-0.39, 0.29) is 12.0 Å². The van der Waals surface area contributed by atoms with Crippen LogP contribution in [0.15, 0.2) is 48.5 Å². The summed E-state index contributed by atoms with van der Waals surface area (Å²) < 4.78 is 11.7. The number of ether oxygens (including phenoxy) is 2. The molecule has 0 bridgehead atoms. The molecule has 1 N–H and O–H groups in total. The molecule has 0 unspecified atom stereocenters. The zero-order chi connectivity index (χ0) is 18.8. The molecule has 0 atom stereocenters. The van der Waals surface area contributed by atoms with Gasteiger partial charge in [0.1, 0.15) is 11.5 Å². The van der Waals surface area contributed by atoms with E-state index in [9.17, 15) is 0 Å². The first kappa shape index (κ1) is 20.6. The lowest BCUT2D eigenvalue weighted by Crippen LogP contribution is -2.20. The first-order valence-corrected chi connectivity index (χ1v) is 9.75. The Morgan fingerprint density at radius 1 is 0.885 bits per heavy atom. The average Bonchev–Trinajstić information content (AvgIpc) is 2.66. The highest BCUT2D eigenvalue weighted by molar-refractivity contribution is 6.17. The average molecular weight is 377 g/mol. The number of halogens is 1. The van der Waals surface area contributed by atoms with Crippen LogP contribution in [0.1, 0.15) is 44.2 Å². The number of hydrogen-bond donors (Lipinski definition) is 1. The fourth-order valence-electron chi connectivity index (χ4n) is 2.87. The van der Waals surface area contributed by atoms with Gasteiger partial charge in [-0.05, 0) is 36.6 Å². The second-order valence-corrected chi connectivity index (χ2v) is 7.19. The number of aliphatic hydroxyl groups excluding tert-OH is 1. The van der Waals surface area contributed by atoms with E-state index in [1.165, 1.54) is 5.56 Å². The molecule has 2 aromatic rings. The number of aliphatic hydroxyl groups is 1. The van der Waals surface area contributed by atoms with Gasteiger partial charge in [-0.3, -0.25) is 0 Å². The van der Waals surface area contributed by atoms with E-state index < -0.39 is 0 Å². The maximum Gasteiger partial charge on any atom is 0.123 e. The number of alkyl halides is 1. The van der Waals surface area contributed by atoms with E-state index in [0.29, 0.717) is 25.5 Å². The largest absolute Gasteiger partial charge is 0.494 e. The first-order valence-electron chi connectivity index (χ1n) is 9.22. The molecule has 0 aliphatic carbocycles. The predicted octanol–water partition coefficient (Wildman–Crippen LogP) is 5.17. The minimum absolute atomic E-state index is 0.137. The molecule has 2 aromatic carbocycles. The summed E-state index contributed by atoms with van der Waals surface area (Å²) >= 11 is 5.69. The molecule has 0 aliphatic rings. The fraction of sp³-hybridized carbons (Fsp3) is 0.455. The van der Waals surface area contributed by atoms with E-state index in [0.717, 1.165) is 29.9 Å². The lowest BCUT2D eigenvalue weighted by Gasteiger charge is -2.28. The summed E-state index contributed by atoms with van der Waals surface area (Å²) in [6.07, 6.45) is 2.57. The van der Waals surface area contributed by atoms with Gasteiger partial charge in [0.05, 0.1) is 13.2 Å². The van der Waals surface area contributed by atoms with Crippen LogP contribution in [0.4, 0.5) is 0 Å². The summed E-state index contributed by atoms with van der Waals surface area (Å²) in [7, 11) is 0. The number of hydrogen-bond acceptors (Lipinski definition) is 3. The van der Waals surface area contributed by atoms with Crippen LogP contribution in [0.5, 0.6) is 11.5 Å². The van der Waals surface area contributed by atoms with Crippen LogP contribution in [0.2, 0.25) is 0 Å². The van der Waals surface area contributed by atoms with Gasteiger partial charge < -0.3 is 14.6 Å². The van der Waals surface area contributed by atoms with Crippen LogP contribution in [-0.4, -0.2) is 30.8 Å². The van der Waals surface area contributed by atoms with Crippen molar-refractivity contribution < 1.29 is 14.6 Å². The predicted molar refractivity (Wildman–Crippen MR) is 108 cm³/mol. The number of para-hydroxylation sites is 1. The summed E-state index contributed by atoms with van der Waals surface area (Å²) in [6, 6.07) is 16.4. The van der Waals surface area contributed by atoms with Gasteiger partial charge >= 0.3 is 0 Å². The Labute approximate surface area is 161 Å². The lowest BCUT2D eigenvalue weighted by molar-refractivity contribution is 0.231. The van der Waals surface area contributed by atoms with Crippen LogP contribution < -0.4 is 9.47 Å². The quantitative estimate of drug-likeness (QED) is 0.434. The molecule has 0 saturated carbocycles. The molecule has 0 aromatic heterocycles. The van der Waals surface area contributed by atoms with Crippen LogP contribution in [0, 0.1) is 0 Å². The van der Waals surface area contributed by atoms with Gasteiger partial charge in [-0.1, -0.05) is 44.2 Å². The smallest absolute Gasteiger partial charge is 0.123 e. The van der Waals surface area contributed by atoms with Crippen molar-refractivity contribution in [3.05, 3.63) is 59.7 Å². The summed E-state index contributed by atoms with van der Waals surface area (Å²) in [6.45, 7) is 5.72. The van der Waals surface area contributed by atoms with Gasteiger partial charge in [0.2, 0.25) is 0 Å². The molecule has 0 aliphatic heterocycles. The summed E-state index contributed by atoms with van der Waals surface area (Å²) in [4.78, 5) is 0. The Morgan fingerprint density at radius 3 is 2.27 bits per heavy atom. The van der Waals surface area contributed by atoms with Gasteiger partial charge in [-0.15, -0.1) is 11.6 Å². The highest BCUT2D eigenvalue weighted by Gasteiger charge is 2.26. The van der Waals surface area contributed by atoms with Crippen molar-refractivity contribution in [3.63, 3.8) is 0 Å². The second-order valence-electron chi connectivity index (χ2n) is 6.82. The summed E-state index contributed by atoms with van der Waals surface area (Å²) in [5.41, 5.74) is 2.13. The fourth-order valence-corrected chi connectivity index (χ4v) is 3.05. The zero-order valence-corrected chi connectivity index (χ0v) is 16.5. The Bertz CT molecular complexity index is 653. The molecule has 0 amide bonds. The number of rotatable bonds is 11. The van der Waals surface area contributed by atoms with Crippen molar-refractivity contribution in [2.75, 3.05) is 25.7 Å². The second kappa shape index (κ2) is 10.4. The van der Waals surface area contributed by atoms with E-state index in [2.05, 4.69) is 32.0 Å². The van der Waals surface area contributed by atoms with Crippen LogP contribution in [0.3, 0.4) is 0 Å². The van der Waals surface area contributed by atoms with Gasteiger partial charge in [0.25, 0.3) is 0 Å². The Morgan fingerprint density at radius 2 is 1.58 bits per heavy atom. The van der Waals surface area contributed by atoms with Gasteiger partial charge in [-0.25, -0.2) is 0 Å². The van der Waals surface area contributed by atoms with Crippen LogP contribution >= 0.6 is 11.6 Å². The minimum atomic E-state index is -0.201. The molecule has 0 radical (unpaired) electrons. The molecule has 26 heavy (non-hydrogen) atoms. The molecule has 0 heterocycles. The van der Waals surface area contributed by atoms with Crippen molar-refractivity contribution in [3.8, 4) is 11.5 Å². The van der Waals surface area contributed by atoms with Crippen molar-refractivity contribution in [2.45, 2.75) is 38.5 Å². The molecule has 0 spiro atoms. The summed E-state index contributed by atoms with van der Waals surface area (Å²) in [5, 5.41) is 8.97. The monoisotopic (exact) mass is 376 g/mol. The maximum atomic E-state index is 8.97. The number of benzene rings is 2. The maximum absolute atomic E-state index is 8.97. The van der Waals surface area contributed by atoms with E-state index in [1.54, 1.807) is 0 Å². The van der Waals surface area contributed by atoms with Crippen molar-refractivity contribution in [1.82, 2.24) is 0 Å². The van der Waals surface area contributed by atoms with Crippen LogP contribution in [0.25, 0.3) is 0 Å². The van der Waals surface area contributed by atoms with Crippen molar-refractivity contribution in [2.24, 2.45) is 0 Å². The van der Waals surface area contributed by atoms with E-state index >= 15 is 0 Å². The molecule has 3 nitrogen and oxygen atoms in total. The molecule has 0 fully saturated rings. The third kappa shape index (κ3) is 5.65. The topological polar surface area (TPSA) is 38.7 Å². The van der Waals surface area contributed by atoms with Crippen LogP contribution in [-0.2, 0) is 5.41 Å². The van der Waals surface area contributed by atoms with Gasteiger partial charge in [0.15, 0.2) is 0 Å². The minimum Gasteiger partial charge on any atom is -0.494 e. The molecule has 142 valence electrons. The zero-order valence-electron chi connectivity index (χ0n) is 15.7. The molecular formula is C22H29ClO3. The molecule has 4 heteroatoms.